The normalized spacial score (nSPS) is 13.6. The lowest BCUT2D eigenvalue weighted by atomic mass is 10.1. The summed E-state index contributed by atoms with van der Waals surface area (Å²) in [6.45, 7) is 5.17. The van der Waals surface area contributed by atoms with E-state index in [2.05, 4.69) is 0 Å². The third kappa shape index (κ3) is 3.79. The molecule has 0 saturated carbocycles. The SMILES string of the molecule is C[C@H](N)c1cc(F)ccc1OCC(C)(C)O. The molecule has 1 rings (SSSR count). The lowest BCUT2D eigenvalue weighted by Gasteiger charge is -2.20. The van der Waals surface area contributed by atoms with Gasteiger partial charge < -0.3 is 15.6 Å². The van der Waals surface area contributed by atoms with E-state index in [4.69, 9.17) is 10.5 Å². The first-order valence-corrected chi connectivity index (χ1v) is 5.20. The van der Waals surface area contributed by atoms with Crippen molar-refractivity contribution in [3.8, 4) is 5.75 Å². The second-order valence-electron chi connectivity index (χ2n) is 4.57. The van der Waals surface area contributed by atoms with Crippen molar-refractivity contribution in [1.82, 2.24) is 0 Å². The zero-order valence-electron chi connectivity index (χ0n) is 9.83. The highest BCUT2D eigenvalue weighted by molar-refractivity contribution is 5.36. The molecule has 4 heteroatoms. The lowest BCUT2D eigenvalue weighted by Crippen LogP contribution is -2.28. The van der Waals surface area contributed by atoms with E-state index in [1.54, 1.807) is 20.8 Å². The van der Waals surface area contributed by atoms with E-state index >= 15 is 0 Å². The van der Waals surface area contributed by atoms with Gasteiger partial charge in [0, 0.05) is 11.6 Å². The molecule has 0 spiro atoms. The van der Waals surface area contributed by atoms with Gasteiger partial charge in [-0.15, -0.1) is 0 Å². The first-order chi connectivity index (χ1) is 7.29. The summed E-state index contributed by atoms with van der Waals surface area (Å²) in [5.41, 5.74) is 5.39. The summed E-state index contributed by atoms with van der Waals surface area (Å²) in [5, 5.41) is 9.53. The van der Waals surface area contributed by atoms with Gasteiger partial charge in [0.05, 0.1) is 5.60 Å². The smallest absolute Gasteiger partial charge is 0.124 e. The van der Waals surface area contributed by atoms with Crippen molar-refractivity contribution in [3.63, 3.8) is 0 Å². The van der Waals surface area contributed by atoms with Crippen LogP contribution in [0.3, 0.4) is 0 Å². The van der Waals surface area contributed by atoms with Crippen LogP contribution in [0.5, 0.6) is 5.75 Å². The maximum atomic E-state index is 13.0. The third-order valence-electron chi connectivity index (χ3n) is 2.04. The number of benzene rings is 1. The molecule has 1 aromatic carbocycles. The number of hydrogen-bond acceptors (Lipinski definition) is 3. The van der Waals surface area contributed by atoms with Gasteiger partial charge in [-0.05, 0) is 39.0 Å². The molecule has 0 amide bonds. The van der Waals surface area contributed by atoms with Gasteiger partial charge in [-0.2, -0.15) is 0 Å². The fraction of sp³-hybridized carbons (Fsp3) is 0.500. The molecule has 1 aromatic rings. The number of halogens is 1. The summed E-state index contributed by atoms with van der Waals surface area (Å²) in [6.07, 6.45) is 0. The average molecular weight is 227 g/mol. The van der Waals surface area contributed by atoms with E-state index in [0.29, 0.717) is 11.3 Å². The van der Waals surface area contributed by atoms with Crippen molar-refractivity contribution in [1.29, 1.82) is 0 Å². The molecule has 3 nitrogen and oxygen atoms in total. The summed E-state index contributed by atoms with van der Waals surface area (Å²) in [5.74, 6) is 0.168. The van der Waals surface area contributed by atoms with Crippen molar-refractivity contribution >= 4 is 0 Å². The molecule has 0 aliphatic heterocycles. The minimum atomic E-state index is -0.927. The number of nitrogens with two attached hydrogens (primary N) is 1. The summed E-state index contributed by atoms with van der Waals surface area (Å²) < 4.78 is 18.4. The molecular formula is C12H18FNO2. The van der Waals surface area contributed by atoms with Gasteiger partial charge in [-0.25, -0.2) is 4.39 Å². The molecule has 0 fully saturated rings. The fourth-order valence-corrected chi connectivity index (χ4v) is 1.26. The minimum absolute atomic E-state index is 0.137. The quantitative estimate of drug-likeness (QED) is 0.827. The Labute approximate surface area is 95.0 Å². The van der Waals surface area contributed by atoms with E-state index in [9.17, 15) is 9.50 Å². The maximum Gasteiger partial charge on any atom is 0.124 e. The van der Waals surface area contributed by atoms with Crippen molar-refractivity contribution < 1.29 is 14.2 Å². The molecule has 0 unspecified atom stereocenters. The highest BCUT2D eigenvalue weighted by atomic mass is 19.1. The number of aliphatic hydroxyl groups is 1. The Morgan fingerprint density at radius 3 is 2.62 bits per heavy atom. The third-order valence-corrected chi connectivity index (χ3v) is 2.04. The van der Waals surface area contributed by atoms with Gasteiger partial charge in [-0.1, -0.05) is 0 Å². The predicted octanol–water partition coefficient (Wildman–Crippen LogP) is 2.00. The summed E-state index contributed by atoms with van der Waals surface area (Å²) in [4.78, 5) is 0. The van der Waals surface area contributed by atoms with Gasteiger partial charge in [0.15, 0.2) is 0 Å². The molecule has 16 heavy (non-hydrogen) atoms. The molecule has 1 atom stereocenters. The zero-order valence-corrected chi connectivity index (χ0v) is 9.83. The van der Waals surface area contributed by atoms with Crippen LogP contribution in [0.25, 0.3) is 0 Å². The highest BCUT2D eigenvalue weighted by Gasteiger charge is 2.16. The monoisotopic (exact) mass is 227 g/mol. The van der Waals surface area contributed by atoms with Crippen molar-refractivity contribution in [3.05, 3.63) is 29.6 Å². The first kappa shape index (κ1) is 12.9. The van der Waals surface area contributed by atoms with Crippen LogP contribution in [0.1, 0.15) is 32.4 Å². The van der Waals surface area contributed by atoms with Crippen LogP contribution >= 0.6 is 0 Å². The minimum Gasteiger partial charge on any atom is -0.490 e. The van der Waals surface area contributed by atoms with Gasteiger partial charge in [0.1, 0.15) is 18.2 Å². The second-order valence-corrected chi connectivity index (χ2v) is 4.57. The van der Waals surface area contributed by atoms with Crippen molar-refractivity contribution in [2.75, 3.05) is 6.61 Å². The van der Waals surface area contributed by atoms with E-state index in [1.165, 1.54) is 18.2 Å². The topological polar surface area (TPSA) is 55.5 Å². The van der Waals surface area contributed by atoms with E-state index < -0.39 is 5.60 Å². The van der Waals surface area contributed by atoms with Gasteiger partial charge >= 0.3 is 0 Å². The van der Waals surface area contributed by atoms with Crippen LogP contribution in [-0.2, 0) is 0 Å². The Balaban J connectivity index is 2.87. The van der Waals surface area contributed by atoms with Crippen molar-refractivity contribution in [2.24, 2.45) is 5.73 Å². The molecule has 90 valence electrons. The first-order valence-electron chi connectivity index (χ1n) is 5.20. The van der Waals surface area contributed by atoms with Crippen LogP contribution in [-0.4, -0.2) is 17.3 Å². The predicted molar refractivity (Wildman–Crippen MR) is 60.8 cm³/mol. The summed E-state index contributed by atoms with van der Waals surface area (Å²) >= 11 is 0. The largest absolute Gasteiger partial charge is 0.490 e. The Morgan fingerprint density at radius 1 is 1.50 bits per heavy atom. The Morgan fingerprint density at radius 2 is 2.12 bits per heavy atom. The second kappa shape index (κ2) is 4.80. The van der Waals surface area contributed by atoms with Crippen LogP contribution in [0, 0.1) is 5.82 Å². The van der Waals surface area contributed by atoms with Crippen LogP contribution in [0.4, 0.5) is 4.39 Å². The van der Waals surface area contributed by atoms with Gasteiger partial charge in [0.25, 0.3) is 0 Å². The summed E-state index contributed by atoms with van der Waals surface area (Å²) in [7, 11) is 0. The van der Waals surface area contributed by atoms with E-state index in [1.807, 2.05) is 0 Å². The lowest BCUT2D eigenvalue weighted by molar-refractivity contribution is 0.0280. The standard InChI is InChI=1S/C12H18FNO2/c1-8(14)10-6-9(13)4-5-11(10)16-7-12(2,3)15/h4-6,8,15H,7,14H2,1-3H3/t8-/m0/s1. The van der Waals surface area contributed by atoms with E-state index in [0.717, 1.165) is 0 Å². The zero-order chi connectivity index (χ0) is 12.3. The highest BCUT2D eigenvalue weighted by Crippen LogP contribution is 2.25. The molecular weight excluding hydrogens is 209 g/mol. The van der Waals surface area contributed by atoms with Crippen LogP contribution in [0.15, 0.2) is 18.2 Å². The van der Waals surface area contributed by atoms with Gasteiger partial charge in [-0.3, -0.25) is 0 Å². The fourth-order valence-electron chi connectivity index (χ4n) is 1.26. The molecule has 0 aliphatic carbocycles. The number of hydrogen-bond donors (Lipinski definition) is 2. The van der Waals surface area contributed by atoms with Gasteiger partial charge in [0.2, 0.25) is 0 Å². The molecule has 0 heterocycles. The van der Waals surface area contributed by atoms with Crippen LogP contribution in [0.2, 0.25) is 0 Å². The summed E-state index contributed by atoms with van der Waals surface area (Å²) in [6, 6.07) is 3.88. The molecule has 0 aromatic heterocycles. The molecule has 0 aliphatic rings. The maximum absolute atomic E-state index is 13.0. The Bertz CT molecular complexity index is 359. The van der Waals surface area contributed by atoms with Crippen molar-refractivity contribution in [2.45, 2.75) is 32.4 Å². The number of ether oxygens (including phenoxy) is 1. The van der Waals surface area contributed by atoms with Crippen LogP contribution < -0.4 is 10.5 Å². The molecule has 0 bridgehead atoms. The Hall–Kier alpha value is -1.13. The molecule has 0 radical (unpaired) electrons. The number of rotatable bonds is 4. The molecule has 3 N–H and O–H groups in total. The average Bonchev–Trinajstić information content (AvgIpc) is 2.14. The van der Waals surface area contributed by atoms with E-state index in [-0.39, 0.29) is 18.5 Å². The Kier molecular flexibility index (Phi) is 3.88. The molecule has 0 saturated heterocycles.